The van der Waals surface area contributed by atoms with Gasteiger partial charge in [0.2, 0.25) is 0 Å². The molecule has 5 heteroatoms. The molecule has 1 aromatic rings. The summed E-state index contributed by atoms with van der Waals surface area (Å²) in [5.74, 6) is -0.837. The standard InChI is InChI=1S/C8H13N3O2/c1-2-10-7(8(12)13)5-11-4-3-9-6-11/h3-4,6-7,10H,2,5H2,1H3,(H,12,13). The lowest BCUT2D eigenvalue weighted by Gasteiger charge is -2.12. The van der Waals surface area contributed by atoms with Crippen LogP contribution in [0.15, 0.2) is 18.7 Å². The van der Waals surface area contributed by atoms with Gasteiger partial charge in [0.25, 0.3) is 0 Å². The van der Waals surface area contributed by atoms with Crippen molar-refractivity contribution in [2.24, 2.45) is 0 Å². The van der Waals surface area contributed by atoms with E-state index in [-0.39, 0.29) is 0 Å². The molecule has 5 nitrogen and oxygen atoms in total. The van der Waals surface area contributed by atoms with E-state index in [1.54, 1.807) is 23.3 Å². The topological polar surface area (TPSA) is 67.2 Å². The molecular formula is C8H13N3O2. The molecule has 0 aliphatic carbocycles. The Bertz CT molecular complexity index is 258. The monoisotopic (exact) mass is 183 g/mol. The van der Waals surface area contributed by atoms with Gasteiger partial charge in [-0.05, 0) is 6.54 Å². The molecule has 0 spiro atoms. The molecule has 13 heavy (non-hydrogen) atoms. The van der Waals surface area contributed by atoms with Crippen molar-refractivity contribution in [1.29, 1.82) is 0 Å². The van der Waals surface area contributed by atoms with Gasteiger partial charge < -0.3 is 15.0 Å². The molecule has 1 heterocycles. The van der Waals surface area contributed by atoms with Gasteiger partial charge in [0.15, 0.2) is 0 Å². The summed E-state index contributed by atoms with van der Waals surface area (Å²) in [7, 11) is 0. The maximum absolute atomic E-state index is 10.7. The van der Waals surface area contributed by atoms with Crippen molar-refractivity contribution in [2.75, 3.05) is 6.54 Å². The van der Waals surface area contributed by atoms with E-state index in [2.05, 4.69) is 10.3 Å². The molecule has 0 aromatic carbocycles. The number of nitrogens with zero attached hydrogens (tertiary/aromatic N) is 2. The minimum atomic E-state index is -0.837. The van der Waals surface area contributed by atoms with Crippen LogP contribution in [0.5, 0.6) is 0 Å². The average Bonchev–Trinajstić information content (AvgIpc) is 2.56. The first kappa shape index (κ1) is 9.73. The molecule has 2 N–H and O–H groups in total. The van der Waals surface area contributed by atoms with E-state index >= 15 is 0 Å². The van der Waals surface area contributed by atoms with Crippen molar-refractivity contribution in [3.63, 3.8) is 0 Å². The Morgan fingerprint density at radius 1 is 1.77 bits per heavy atom. The van der Waals surface area contributed by atoms with Crippen LogP contribution in [0.3, 0.4) is 0 Å². The van der Waals surface area contributed by atoms with E-state index in [1.807, 2.05) is 6.92 Å². The van der Waals surface area contributed by atoms with Crippen molar-refractivity contribution in [3.8, 4) is 0 Å². The first-order valence-corrected chi connectivity index (χ1v) is 4.16. The largest absolute Gasteiger partial charge is 0.480 e. The molecule has 1 rings (SSSR count). The third-order valence-corrected chi connectivity index (χ3v) is 1.70. The smallest absolute Gasteiger partial charge is 0.322 e. The van der Waals surface area contributed by atoms with E-state index in [1.165, 1.54) is 0 Å². The Morgan fingerprint density at radius 2 is 2.54 bits per heavy atom. The summed E-state index contributed by atoms with van der Waals surface area (Å²) in [6.07, 6.45) is 4.98. The van der Waals surface area contributed by atoms with Crippen molar-refractivity contribution < 1.29 is 9.90 Å². The highest BCUT2D eigenvalue weighted by atomic mass is 16.4. The second kappa shape index (κ2) is 4.61. The normalized spacial score (nSPS) is 12.7. The van der Waals surface area contributed by atoms with Gasteiger partial charge in [0, 0.05) is 18.9 Å². The van der Waals surface area contributed by atoms with Crippen molar-refractivity contribution >= 4 is 5.97 Å². The quantitative estimate of drug-likeness (QED) is 0.671. The highest BCUT2D eigenvalue weighted by Gasteiger charge is 2.15. The van der Waals surface area contributed by atoms with Gasteiger partial charge in [-0.15, -0.1) is 0 Å². The van der Waals surface area contributed by atoms with Gasteiger partial charge in [0.1, 0.15) is 6.04 Å². The fraction of sp³-hybridized carbons (Fsp3) is 0.500. The van der Waals surface area contributed by atoms with Crippen LogP contribution in [0.4, 0.5) is 0 Å². The first-order valence-electron chi connectivity index (χ1n) is 4.16. The summed E-state index contributed by atoms with van der Waals surface area (Å²) in [5, 5.41) is 11.7. The second-order valence-corrected chi connectivity index (χ2v) is 2.71. The summed E-state index contributed by atoms with van der Waals surface area (Å²) in [4.78, 5) is 14.6. The summed E-state index contributed by atoms with van der Waals surface area (Å²) in [6.45, 7) is 2.93. The van der Waals surface area contributed by atoms with Crippen LogP contribution in [-0.4, -0.2) is 33.2 Å². The van der Waals surface area contributed by atoms with E-state index < -0.39 is 12.0 Å². The molecule has 0 aliphatic rings. The van der Waals surface area contributed by atoms with Crippen LogP contribution < -0.4 is 5.32 Å². The number of aliphatic carboxylic acids is 1. The molecule has 0 fully saturated rings. The lowest BCUT2D eigenvalue weighted by atomic mass is 10.3. The molecule has 0 saturated heterocycles. The fourth-order valence-corrected chi connectivity index (χ4v) is 1.08. The lowest BCUT2D eigenvalue weighted by Crippen LogP contribution is -2.39. The van der Waals surface area contributed by atoms with Crippen molar-refractivity contribution in [1.82, 2.24) is 14.9 Å². The number of likely N-dealkylation sites (N-methyl/N-ethyl adjacent to an activating group) is 1. The third-order valence-electron chi connectivity index (χ3n) is 1.70. The highest BCUT2D eigenvalue weighted by molar-refractivity contribution is 5.73. The summed E-state index contributed by atoms with van der Waals surface area (Å²) in [6, 6.07) is -0.542. The van der Waals surface area contributed by atoms with Gasteiger partial charge >= 0.3 is 5.97 Å². The Hall–Kier alpha value is -1.36. The van der Waals surface area contributed by atoms with E-state index in [4.69, 9.17) is 5.11 Å². The maximum Gasteiger partial charge on any atom is 0.322 e. The van der Waals surface area contributed by atoms with E-state index in [0.717, 1.165) is 0 Å². The third kappa shape index (κ3) is 2.87. The number of imidazole rings is 1. The number of hydrogen-bond acceptors (Lipinski definition) is 3. The summed E-state index contributed by atoms with van der Waals surface area (Å²) < 4.78 is 1.74. The molecule has 0 saturated carbocycles. The number of aromatic nitrogens is 2. The lowest BCUT2D eigenvalue weighted by molar-refractivity contribution is -0.139. The zero-order valence-electron chi connectivity index (χ0n) is 7.47. The number of carboxylic acids is 1. The second-order valence-electron chi connectivity index (χ2n) is 2.71. The molecule has 72 valence electrons. The van der Waals surface area contributed by atoms with E-state index in [9.17, 15) is 4.79 Å². The molecule has 0 bridgehead atoms. The minimum Gasteiger partial charge on any atom is -0.480 e. The highest BCUT2D eigenvalue weighted by Crippen LogP contribution is 1.92. The van der Waals surface area contributed by atoms with Crippen LogP contribution >= 0.6 is 0 Å². The molecule has 0 aliphatic heterocycles. The number of carbonyl (C=O) groups is 1. The molecule has 1 aromatic heterocycles. The Labute approximate surface area is 76.4 Å². The van der Waals surface area contributed by atoms with Gasteiger partial charge in [-0.1, -0.05) is 6.92 Å². The molecule has 0 radical (unpaired) electrons. The van der Waals surface area contributed by atoms with Gasteiger partial charge in [0.05, 0.1) is 6.33 Å². The minimum absolute atomic E-state index is 0.406. The van der Waals surface area contributed by atoms with Gasteiger partial charge in [-0.2, -0.15) is 0 Å². The molecular weight excluding hydrogens is 170 g/mol. The van der Waals surface area contributed by atoms with Crippen LogP contribution in [-0.2, 0) is 11.3 Å². The predicted octanol–water partition coefficient (Wildman–Crippen LogP) is -0.0542. The van der Waals surface area contributed by atoms with Crippen LogP contribution in [0, 0.1) is 0 Å². The maximum atomic E-state index is 10.7. The number of carboxylic acid groups (broad SMARTS) is 1. The van der Waals surface area contributed by atoms with Gasteiger partial charge in [-0.25, -0.2) is 4.98 Å². The van der Waals surface area contributed by atoms with Crippen LogP contribution in [0.1, 0.15) is 6.92 Å². The first-order chi connectivity index (χ1) is 6.24. The Balaban J connectivity index is 2.52. The molecule has 0 amide bonds. The fourth-order valence-electron chi connectivity index (χ4n) is 1.08. The van der Waals surface area contributed by atoms with Crippen molar-refractivity contribution in [3.05, 3.63) is 18.7 Å². The zero-order chi connectivity index (χ0) is 9.68. The molecule has 1 unspecified atom stereocenters. The Kier molecular flexibility index (Phi) is 3.45. The van der Waals surface area contributed by atoms with Gasteiger partial charge in [-0.3, -0.25) is 4.79 Å². The van der Waals surface area contributed by atoms with Crippen LogP contribution in [0.25, 0.3) is 0 Å². The zero-order valence-corrected chi connectivity index (χ0v) is 7.47. The predicted molar refractivity (Wildman–Crippen MR) is 47.3 cm³/mol. The average molecular weight is 183 g/mol. The van der Waals surface area contributed by atoms with E-state index in [0.29, 0.717) is 13.1 Å². The number of hydrogen-bond donors (Lipinski definition) is 2. The Morgan fingerprint density at radius 3 is 3.00 bits per heavy atom. The SMILES string of the molecule is CCNC(Cn1ccnc1)C(=O)O. The van der Waals surface area contributed by atoms with Crippen LogP contribution in [0.2, 0.25) is 0 Å². The number of rotatable bonds is 5. The summed E-state index contributed by atoms with van der Waals surface area (Å²) in [5.41, 5.74) is 0. The summed E-state index contributed by atoms with van der Waals surface area (Å²) >= 11 is 0. The number of nitrogens with one attached hydrogen (secondary N) is 1. The van der Waals surface area contributed by atoms with Crippen molar-refractivity contribution in [2.45, 2.75) is 19.5 Å². The molecule has 1 atom stereocenters.